The van der Waals surface area contributed by atoms with Gasteiger partial charge in [-0.3, -0.25) is 4.98 Å². The Morgan fingerprint density at radius 3 is 2.58 bits per heavy atom. The molecule has 0 amide bonds. The lowest BCUT2D eigenvalue weighted by Gasteiger charge is -2.15. The molecule has 0 saturated heterocycles. The third-order valence-corrected chi connectivity index (χ3v) is 2.27. The number of hydroxylamine groups is 1. The van der Waals surface area contributed by atoms with Gasteiger partial charge in [-0.1, -0.05) is 0 Å². The first-order valence-electron chi connectivity index (χ1n) is 5.74. The molecule has 0 aliphatic heterocycles. The molecule has 0 radical (unpaired) electrons. The van der Waals surface area contributed by atoms with Gasteiger partial charge < -0.3 is 5.21 Å². The van der Waals surface area contributed by atoms with Gasteiger partial charge in [0.05, 0.1) is 5.22 Å². The summed E-state index contributed by atoms with van der Waals surface area (Å²) >= 11 is 0. The zero-order chi connectivity index (χ0) is 14.6. The van der Waals surface area contributed by atoms with E-state index in [4.69, 9.17) is 0 Å². The summed E-state index contributed by atoms with van der Waals surface area (Å²) in [5.74, 6) is 0. The topological polar surface area (TPSA) is 54.6 Å². The number of rotatable bonds is 4. The van der Waals surface area contributed by atoms with Crippen LogP contribution in [0.1, 0.15) is 26.5 Å². The lowest BCUT2D eigenvalue weighted by Crippen LogP contribution is -2.23. The SMILES string of the molecule is CCN(N=[N+]([O-])C(C)C)c1ccnc(C(F)(F)F)c1. The van der Waals surface area contributed by atoms with Crippen LogP contribution in [-0.4, -0.2) is 22.4 Å². The molecule has 8 heteroatoms. The number of anilines is 1. The maximum absolute atomic E-state index is 12.5. The molecule has 0 fully saturated rings. The second-order valence-corrected chi connectivity index (χ2v) is 4.10. The van der Waals surface area contributed by atoms with Crippen molar-refractivity contribution in [3.05, 3.63) is 29.2 Å². The van der Waals surface area contributed by atoms with Crippen molar-refractivity contribution >= 4 is 5.69 Å². The van der Waals surface area contributed by atoms with Crippen LogP contribution in [0.4, 0.5) is 18.9 Å². The maximum atomic E-state index is 12.5. The zero-order valence-electron chi connectivity index (χ0n) is 10.8. The third-order valence-electron chi connectivity index (χ3n) is 2.27. The smallest absolute Gasteiger partial charge is 0.433 e. The quantitative estimate of drug-likeness (QED) is 0.482. The standard InChI is InChI=1S/C11H15F3N4O/c1-4-17(16-18(19)8(2)3)9-5-6-15-10(7-9)11(12,13)14/h5-8H,4H2,1-3H3. The van der Waals surface area contributed by atoms with E-state index in [0.29, 0.717) is 4.86 Å². The van der Waals surface area contributed by atoms with E-state index in [1.165, 1.54) is 11.1 Å². The van der Waals surface area contributed by atoms with Gasteiger partial charge in [0.15, 0.2) is 5.69 Å². The molecule has 0 bridgehead atoms. The lowest BCUT2D eigenvalue weighted by molar-refractivity contribution is -0.562. The Hall–Kier alpha value is -1.86. The van der Waals surface area contributed by atoms with Gasteiger partial charge in [-0.25, -0.2) is 0 Å². The largest absolute Gasteiger partial charge is 0.696 e. The summed E-state index contributed by atoms with van der Waals surface area (Å²) in [5, 5.41) is 16.3. The van der Waals surface area contributed by atoms with Gasteiger partial charge in [-0.05, 0) is 20.8 Å². The minimum absolute atomic E-state index is 0.173. The minimum atomic E-state index is -4.52. The Balaban J connectivity index is 3.10. The molecule has 0 aromatic carbocycles. The van der Waals surface area contributed by atoms with Crippen molar-refractivity contribution in [3.63, 3.8) is 0 Å². The van der Waals surface area contributed by atoms with E-state index in [-0.39, 0.29) is 12.2 Å². The van der Waals surface area contributed by atoms with Crippen molar-refractivity contribution in [2.45, 2.75) is 33.0 Å². The van der Waals surface area contributed by atoms with Gasteiger partial charge in [0.25, 0.3) is 0 Å². The highest BCUT2D eigenvalue weighted by Gasteiger charge is 2.33. The third kappa shape index (κ3) is 4.08. The van der Waals surface area contributed by atoms with Crippen molar-refractivity contribution in [2.24, 2.45) is 5.22 Å². The van der Waals surface area contributed by atoms with Crippen LogP contribution < -0.4 is 5.01 Å². The summed E-state index contributed by atoms with van der Waals surface area (Å²) < 4.78 is 37.6. The van der Waals surface area contributed by atoms with E-state index >= 15 is 0 Å². The summed E-state index contributed by atoms with van der Waals surface area (Å²) in [6, 6.07) is 1.84. The number of pyridine rings is 1. The van der Waals surface area contributed by atoms with Crippen molar-refractivity contribution < 1.29 is 18.0 Å². The van der Waals surface area contributed by atoms with Crippen molar-refractivity contribution in [2.75, 3.05) is 11.6 Å². The molecule has 0 unspecified atom stereocenters. The summed E-state index contributed by atoms with van der Waals surface area (Å²) in [5.41, 5.74) is -0.841. The Morgan fingerprint density at radius 1 is 1.47 bits per heavy atom. The fourth-order valence-corrected chi connectivity index (χ4v) is 1.24. The van der Waals surface area contributed by atoms with Crippen LogP contribution in [0.15, 0.2) is 23.6 Å². The molecule has 19 heavy (non-hydrogen) atoms. The van der Waals surface area contributed by atoms with Crippen LogP contribution >= 0.6 is 0 Å². The first kappa shape index (κ1) is 15.2. The summed E-state index contributed by atoms with van der Waals surface area (Å²) in [4.78, 5) is 3.70. The maximum Gasteiger partial charge on any atom is 0.433 e. The molecule has 1 heterocycles. The molecule has 0 N–H and O–H groups in total. The molecule has 0 aliphatic rings. The van der Waals surface area contributed by atoms with Gasteiger partial charge >= 0.3 is 6.18 Å². The minimum Gasteiger partial charge on any atom is -0.696 e. The number of halogens is 3. The molecular weight excluding hydrogens is 261 g/mol. The average Bonchev–Trinajstić information content (AvgIpc) is 2.34. The molecule has 1 aromatic rings. The Labute approximate surface area is 108 Å². The van der Waals surface area contributed by atoms with Crippen molar-refractivity contribution in [3.8, 4) is 0 Å². The second-order valence-electron chi connectivity index (χ2n) is 4.10. The van der Waals surface area contributed by atoms with Crippen LogP contribution in [0.3, 0.4) is 0 Å². The van der Waals surface area contributed by atoms with E-state index in [9.17, 15) is 18.4 Å². The van der Waals surface area contributed by atoms with Crippen LogP contribution in [0, 0.1) is 5.21 Å². The average molecular weight is 276 g/mol. The second kappa shape index (κ2) is 5.85. The number of alkyl halides is 3. The summed E-state index contributed by atoms with van der Waals surface area (Å²) in [7, 11) is 0. The highest BCUT2D eigenvalue weighted by molar-refractivity contribution is 5.45. The lowest BCUT2D eigenvalue weighted by atomic mass is 10.3. The highest BCUT2D eigenvalue weighted by atomic mass is 19.4. The summed E-state index contributed by atoms with van der Waals surface area (Å²) in [6.45, 7) is 5.23. The zero-order valence-corrected chi connectivity index (χ0v) is 10.8. The molecule has 5 nitrogen and oxygen atoms in total. The van der Waals surface area contributed by atoms with Gasteiger partial charge in [0.1, 0.15) is 18.3 Å². The normalized spacial score (nSPS) is 12.9. The van der Waals surface area contributed by atoms with Crippen LogP contribution in [0.5, 0.6) is 0 Å². The van der Waals surface area contributed by atoms with Gasteiger partial charge in [0, 0.05) is 18.3 Å². The van der Waals surface area contributed by atoms with Crippen LogP contribution in [0.2, 0.25) is 0 Å². The number of hydrogen-bond donors (Lipinski definition) is 0. The van der Waals surface area contributed by atoms with Crippen LogP contribution in [0.25, 0.3) is 0 Å². The Bertz CT molecular complexity index is 459. The Kier molecular flexibility index (Phi) is 4.68. The monoisotopic (exact) mass is 276 g/mol. The molecular formula is C11H15F3N4O. The number of aromatic nitrogens is 1. The number of nitrogens with zero attached hydrogens (tertiary/aromatic N) is 4. The fraction of sp³-hybridized carbons (Fsp3) is 0.545. The molecule has 0 spiro atoms. The number of hydrogen-bond acceptors (Lipinski definition) is 3. The molecule has 0 aliphatic carbocycles. The molecule has 0 saturated carbocycles. The van der Waals surface area contributed by atoms with E-state index < -0.39 is 17.9 Å². The Morgan fingerprint density at radius 2 is 2.11 bits per heavy atom. The molecule has 106 valence electrons. The molecule has 0 atom stereocenters. The van der Waals surface area contributed by atoms with E-state index in [1.807, 2.05) is 0 Å². The molecule has 1 rings (SSSR count). The van der Waals surface area contributed by atoms with Crippen molar-refractivity contribution in [1.29, 1.82) is 0 Å². The van der Waals surface area contributed by atoms with Gasteiger partial charge in [-0.15, -0.1) is 5.01 Å². The fourth-order valence-electron chi connectivity index (χ4n) is 1.24. The predicted molar refractivity (Wildman–Crippen MR) is 63.5 cm³/mol. The summed E-state index contributed by atoms with van der Waals surface area (Å²) in [6.07, 6.45) is -3.48. The van der Waals surface area contributed by atoms with Crippen molar-refractivity contribution in [1.82, 2.24) is 4.98 Å². The van der Waals surface area contributed by atoms with E-state index in [2.05, 4.69) is 10.2 Å². The highest BCUT2D eigenvalue weighted by Crippen LogP contribution is 2.29. The predicted octanol–water partition coefficient (Wildman–Crippen LogP) is 3.21. The van der Waals surface area contributed by atoms with E-state index in [1.54, 1.807) is 20.8 Å². The first-order chi connectivity index (χ1) is 8.75. The molecule has 1 aromatic heterocycles. The van der Waals surface area contributed by atoms with Gasteiger partial charge in [-0.2, -0.15) is 18.0 Å². The van der Waals surface area contributed by atoms with Gasteiger partial charge in [0.2, 0.25) is 0 Å². The van der Waals surface area contributed by atoms with Crippen LogP contribution in [-0.2, 0) is 6.18 Å². The first-order valence-corrected chi connectivity index (χ1v) is 5.74. The van der Waals surface area contributed by atoms with E-state index in [0.717, 1.165) is 12.3 Å².